The van der Waals surface area contributed by atoms with Crippen LogP contribution < -0.4 is 4.90 Å². The fourth-order valence-corrected chi connectivity index (χ4v) is 0.986. The topological polar surface area (TPSA) is 52.8 Å². The third-order valence-electron chi connectivity index (χ3n) is 1.58. The molecule has 1 aromatic heterocycles. The average Bonchev–Trinajstić information content (AvgIpc) is 2.18. The first-order chi connectivity index (χ1) is 6.29. The molecule has 0 saturated heterocycles. The fraction of sp³-hybridized carbons (Fsp3) is 0.222. The molecule has 0 atom stereocenters. The lowest BCUT2D eigenvalue weighted by Crippen LogP contribution is -2.19. The molecule has 0 radical (unpaired) electrons. The lowest BCUT2D eigenvalue weighted by molar-refractivity contribution is 0.969. The molecule has 1 heterocycles. The van der Waals surface area contributed by atoms with Gasteiger partial charge in [0.2, 0.25) is 0 Å². The second-order valence-corrected chi connectivity index (χ2v) is 2.54. The zero-order valence-electron chi connectivity index (χ0n) is 7.44. The predicted octanol–water partition coefficient (Wildman–Crippen LogP) is 0.970. The maximum Gasteiger partial charge on any atom is 0.149 e. The van der Waals surface area contributed by atoms with Crippen LogP contribution in [-0.4, -0.2) is 23.6 Å². The molecular weight excluding hydrogens is 164 g/mol. The van der Waals surface area contributed by atoms with Crippen molar-refractivity contribution in [3.8, 4) is 6.07 Å². The van der Waals surface area contributed by atoms with Crippen molar-refractivity contribution in [1.29, 1.82) is 5.26 Å². The zero-order chi connectivity index (χ0) is 9.68. The van der Waals surface area contributed by atoms with Crippen molar-refractivity contribution in [2.45, 2.75) is 0 Å². The summed E-state index contributed by atoms with van der Waals surface area (Å²) in [6.45, 7) is 4.27. The van der Waals surface area contributed by atoms with Gasteiger partial charge in [-0.1, -0.05) is 6.08 Å². The molecule has 66 valence electrons. The molecule has 0 N–H and O–H groups in total. The van der Waals surface area contributed by atoms with Crippen molar-refractivity contribution in [2.24, 2.45) is 0 Å². The van der Waals surface area contributed by atoms with E-state index in [4.69, 9.17) is 5.26 Å². The van der Waals surface area contributed by atoms with E-state index in [9.17, 15) is 0 Å². The van der Waals surface area contributed by atoms with Crippen LogP contribution in [-0.2, 0) is 0 Å². The molecule has 0 saturated carbocycles. The van der Waals surface area contributed by atoms with E-state index in [1.165, 1.54) is 12.5 Å². The van der Waals surface area contributed by atoms with Crippen molar-refractivity contribution in [2.75, 3.05) is 18.5 Å². The Hall–Kier alpha value is -1.89. The quantitative estimate of drug-likeness (QED) is 0.641. The minimum absolute atomic E-state index is 0.479. The van der Waals surface area contributed by atoms with Gasteiger partial charge < -0.3 is 4.90 Å². The molecule has 0 fully saturated rings. The molecule has 0 amide bonds. The Morgan fingerprint density at radius 3 is 3.15 bits per heavy atom. The molecule has 0 aliphatic heterocycles. The van der Waals surface area contributed by atoms with Crippen LogP contribution in [0.4, 0.5) is 5.82 Å². The standard InChI is InChI=1S/C9H10N4/c1-3-4-13(2)9-8(5-10)6-11-7-12-9/h3,6-7H,1,4H2,2H3. The second kappa shape index (κ2) is 4.21. The van der Waals surface area contributed by atoms with Gasteiger partial charge in [-0.25, -0.2) is 9.97 Å². The van der Waals surface area contributed by atoms with E-state index in [1.54, 1.807) is 6.08 Å². The monoisotopic (exact) mass is 174 g/mol. The average molecular weight is 174 g/mol. The maximum absolute atomic E-state index is 8.75. The summed E-state index contributed by atoms with van der Waals surface area (Å²) < 4.78 is 0. The highest BCUT2D eigenvalue weighted by atomic mass is 15.2. The van der Waals surface area contributed by atoms with Gasteiger partial charge in [-0.3, -0.25) is 0 Å². The molecule has 0 bridgehead atoms. The van der Waals surface area contributed by atoms with Crippen molar-refractivity contribution >= 4 is 5.82 Å². The first kappa shape index (κ1) is 9.20. The molecule has 4 nitrogen and oxygen atoms in total. The Kier molecular flexibility index (Phi) is 2.98. The first-order valence-electron chi connectivity index (χ1n) is 3.81. The van der Waals surface area contributed by atoms with Crippen LogP contribution >= 0.6 is 0 Å². The summed E-state index contributed by atoms with van der Waals surface area (Å²) in [6.07, 6.45) is 4.68. The summed E-state index contributed by atoms with van der Waals surface area (Å²) in [5.74, 6) is 0.636. The second-order valence-electron chi connectivity index (χ2n) is 2.54. The molecule has 0 spiro atoms. The van der Waals surface area contributed by atoms with Crippen molar-refractivity contribution in [3.63, 3.8) is 0 Å². The van der Waals surface area contributed by atoms with E-state index in [0.29, 0.717) is 17.9 Å². The minimum atomic E-state index is 0.479. The zero-order valence-corrected chi connectivity index (χ0v) is 7.44. The van der Waals surface area contributed by atoms with Crippen LogP contribution in [0.25, 0.3) is 0 Å². The molecular formula is C9H10N4. The molecule has 13 heavy (non-hydrogen) atoms. The molecule has 1 aromatic rings. The van der Waals surface area contributed by atoms with Gasteiger partial charge in [0.05, 0.1) is 6.20 Å². The van der Waals surface area contributed by atoms with E-state index in [1.807, 2.05) is 18.0 Å². The molecule has 0 aromatic carbocycles. The number of nitriles is 1. The molecule has 0 aliphatic rings. The first-order valence-corrected chi connectivity index (χ1v) is 3.81. The van der Waals surface area contributed by atoms with Gasteiger partial charge in [0.15, 0.2) is 0 Å². The smallest absolute Gasteiger partial charge is 0.149 e. The summed E-state index contributed by atoms with van der Waals surface area (Å²) in [4.78, 5) is 9.63. The Bertz CT molecular complexity index is 340. The molecule has 1 rings (SSSR count). The van der Waals surface area contributed by atoms with Crippen molar-refractivity contribution in [3.05, 3.63) is 30.7 Å². The van der Waals surface area contributed by atoms with Crippen LogP contribution in [0.2, 0.25) is 0 Å². The number of hydrogen-bond acceptors (Lipinski definition) is 4. The number of aromatic nitrogens is 2. The number of anilines is 1. The van der Waals surface area contributed by atoms with Crippen LogP contribution in [0, 0.1) is 11.3 Å². The summed E-state index contributed by atoms with van der Waals surface area (Å²) in [6, 6.07) is 2.03. The minimum Gasteiger partial charge on any atom is -0.355 e. The molecule has 0 unspecified atom stereocenters. The van der Waals surface area contributed by atoms with E-state index in [2.05, 4.69) is 16.5 Å². The summed E-state index contributed by atoms with van der Waals surface area (Å²) in [5.41, 5.74) is 0.479. The van der Waals surface area contributed by atoms with Gasteiger partial charge in [-0.2, -0.15) is 5.26 Å². The van der Waals surface area contributed by atoms with Gasteiger partial charge >= 0.3 is 0 Å². The molecule has 4 heteroatoms. The largest absolute Gasteiger partial charge is 0.355 e. The summed E-state index contributed by atoms with van der Waals surface area (Å²) in [7, 11) is 1.85. The number of rotatable bonds is 3. The van der Waals surface area contributed by atoms with Gasteiger partial charge in [0.1, 0.15) is 23.8 Å². The number of nitrogens with zero attached hydrogens (tertiary/aromatic N) is 4. The highest BCUT2D eigenvalue weighted by molar-refractivity contribution is 5.51. The third-order valence-corrected chi connectivity index (χ3v) is 1.58. The summed E-state index contributed by atoms with van der Waals surface area (Å²) in [5, 5.41) is 8.75. The highest BCUT2D eigenvalue weighted by Crippen LogP contribution is 2.12. The van der Waals surface area contributed by atoms with E-state index < -0.39 is 0 Å². The molecule has 0 aliphatic carbocycles. The fourth-order valence-electron chi connectivity index (χ4n) is 0.986. The van der Waals surface area contributed by atoms with Crippen molar-refractivity contribution in [1.82, 2.24) is 9.97 Å². The summed E-state index contributed by atoms with van der Waals surface area (Å²) >= 11 is 0. The Balaban J connectivity index is 2.99. The van der Waals surface area contributed by atoms with Crippen LogP contribution in [0.3, 0.4) is 0 Å². The van der Waals surface area contributed by atoms with Gasteiger partial charge in [0, 0.05) is 13.6 Å². The Labute approximate surface area is 77.2 Å². The van der Waals surface area contributed by atoms with Gasteiger partial charge in [0.25, 0.3) is 0 Å². The van der Waals surface area contributed by atoms with E-state index in [0.717, 1.165) is 0 Å². The normalized spacial score (nSPS) is 8.92. The number of hydrogen-bond donors (Lipinski definition) is 0. The highest BCUT2D eigenvalue weighted by Gasteiger charge is 2.06. The predicted molar refractivity (Wildman–Crippen MR) is 50.2 cm³/mol. The van der Waals surface area contributed by atoms with Crippen LogP contribution in [0.15, 0.2) is 25.2 Å². The van der Waals surface area contributed by atoms with E-state index >= 15 is 0 Å². The lowest BCUT2D eigenvalue weighted by atomic mass is 10.3. The lowest BCUT2D eigenvalue weighted by Gasteiger charge is -2.15. The van der Waals surface area contributed by atoms with Gasteiger partial charge in [-0.15, -0.1) is 6.58 Å². The Morgan fingerprint density at radius 1 is 1.77 bits per heavy atom. The van der Waals surface area contributed by atoms with E-state index in [-0.39, 0.29) is 0 Å². The SMILES string of the molecule is C=CCN(C)c1ncncc1C#N. The van der Waals surface area contributed by atoms with Gasteiger partial charge in [-0.05, 0) is 0 Å². The Morgan fingerprint density at radius 2 is 2.54 bits per heavy atom. The van der Waals surface area contributed by atoms with Crippen molar-refractivity contribution < 1.29 is 0 Å². The third kappa shape index (κ3) is 2.03. The number of likely N-dealkylation sites (N-methyl/N-ethyl adjacent to an activating group) is 1. The maximum atomic E-state index is 8.75. The van der Waals surface area contributed by atoms with Crippen LogP contribution in [0.5, 0.6) is 0 Å². The van der Waals surface area contributed by atoms with Crippen LogP contribution in [0.1, 0.15) is 5.56 Å².